The van der Waals surface area contributed by atoms with Gasteiger partial charge in [-0.3, -0.25) is 6.08 Å². The van der Waals surface area contributed by atoms with Crippen molar-refractivity contribution >= 4 is 0 Å². The number of rotatable bonds is 0. The van der Waals surface area contributed by atoms with Crippen LogP contribution in [0.3, 0.4) is 0 Å². The molecule has 0 fully saturated rings. The molecule has 0 radical (unpaired) electrons. The van der Waals surface area contributed by atoms with E-state index in [1.54, 1.807) is 0 Å². The van der Waals surface area contributed by atoms with E-state index in [4.69, 9.17) is 0 Å². The van der Waals surface area contributed by atoms with Crippen molar-refractivity contribution in [3.8, 4) is 0 Å². The van der Waals surface area contributed by atoms with E-state index in [2.05, 4.69) is 40.7 Å². The Morgan fingerprint density at radius 3 is 1.46 bits per heavy atom. The van der Waals surface area contributed by atoms with Gasteiger partial charge < -0.3 is 14.9 Å². The molecule has 0 aromatic carbocycles. The SMILES string of the molecule is CC1=[C-]C(C)(C)C(C)=C1C.[CH3-].[CH3-].[Pt]. The molecule has 0 heterocycles. The summed E-state index contributed by atoms with van der Waals surface area (Å²) in [6.45, 7) is 10.9. The molecule has 0 saturated carbocycles. The second-order valence-electron chi connectivity index (χ2n) is 3.62. The van der Waals surface area contributed by atoms with E-state index >= 15 is 0 Å². The molecule has 1 rings (SSSR count). The van der Waals surface area contributed by atoms with E-state index in [0.29, 0.717) is 0 Å². The smallest absolute Gasteiger partial charge is 0 e. The van der Waals surface area contributed by atoms with Crippen LogP contribution in [0.5, 0.6) is 0 Å². The van der Waals surface area contributed by atoms with Crippen molar-refractivity contribution in [1.29, 1.82) is 0 Å². The molecule has 0 atom stereocenters. The monoisotopic (exact) mass is 360 g/mol. The van der Waals surface area contributed by atoms with E-state index in [-0.39, 0.29) is 41.3 Å². The molecule has 0 aliphatic heterocycles. The van der Waals surface area contributed by atoms with Gasteiger partial charge in [-0.1, -0.05) is 33.1 Å². The van der Waals surface area contributed by atoms with E-state index in [1.165, 1.54) is 16.7 Å². The van der Waals surface area contributed by atoms with Crippen LogP contribution in [0, 0.1) is 26.3 Å². The zero-order chi connectivity index (χ0) is 7.94. The van der Waals surface area contributed by atoms with Gasteiger partial charge in [0, 0.05) is 21.1 Å². The van der Waals surface area contributed by atoms with Gasteiger partial charge in [0.15, 0.2) is 0 Å². The van der Waals surface area contributed by atoms with Crippen LogP contribution in [0.25, 0.3) is 0 Å². The van der Waals surface area contributed by atoms with E-state index in [9.17, 15) is 0 Å². The summed E-state index contributed by atoms with van der Waals surface area (Å²) >= 11 is 0. The fourth-order valence-electron chi connectivity index (χ4n) is 1.41. The molecule has 0 saturated heterocycles. The van der Waals surface area contributed by atoms with E-state index < -0.39 is 0 Å². The van der Waals surface area contributed by atoms with Crippen LogP contribution < -0.4 is 0 Å². The standard InChI is InChI=1S/C10H15.2CH3.Pt/c1-7-6-10(4,5)9(3)8(7)2;;;/h1-5H3;2*1H3;/q3*-1;. The fourth-order valence-corrected chi connectivity index (χ4v) is 1.41. The van der Waals surface area contributed by atoms with Crippen molar-refractivity contribution in [3.63, 3.8) is 0 Å². The minimum Gasteiger partial charge on any atom is -0.358 e. The zero-order valence-electron chi connectivity index (χ0n) is 9.82. The van der Waals surface area contributed by atoms with Gasteiger partial charge >= 0.3 is 0 Å². The summed E-state index contributed by atoms with van der Waals surface area (Å²) < 4.78 is 0. The first kappa shape index (κ1) is 18.9. The van der Waals surface area contributed by atoms with Crippen molar-refractivity contribution in [1.82, 2.24) is 0 Å². The normalized spacial score (nSPS) is 18.1. The molecule has 13 heavy (non-hydrogen) atoms. The Kier molecular flexibility index (Phi) is 8.42. The summed E-state index contributed by atoms with van der Waals surface area (Å²) in [6, 6.07) is 0. The first-order valence-electron chi connectivity index (χ1n) is 3.75. The summed E-state index contributed by atoms with van der Waals surface area (Å²) in [5.74, 6) is 0. The Morgan fingerprint density at radius 1 is 1.00 bits per heavy atom. The van der Waals surface area contributed by atoms with E-state index in [0.717, 1.165) is 0 Å². The quantitative estimate of drug-likeness (QED) is 0.573. The van der Waals surface area contributed by atoms with Crippen LogP contribution in [0.1, 0.15) is 34.6 Å². The fraction of sp³-hybridized carbons (Fsp3) is 0.500. The first-order chi connectivity index (χ1) is 4.45. The van der Waals surface area contributed by atoms with Crippen molar-refractivity contribution in [3.05, 3.63) is 37.6 Å². The number of hydrogen-bond acceptors (Lipinski definition) is 0. The largest absolute Gasteiger partial charge is 0.358 e. The number of allylic oxidation sites excluding steroid dienone is 4. The Bertz CT molecular complexity index is 219. The second-order valence-corrected chi connectivity index (χ2v) is 3.62. The van der Waals surface area contributed by atoms with Crippen LogP contribution in [0.15, 0.2) is 16.7 Å². The summed E-state index contributed by atoms with van der Waals surface area (Å²) in [5.41, 5.74) is 4.39. The third-order valence-corrected chi connectivity index (χ3v) is 2.56. The molecule has 0 amide bonds. The van der Waals surface area contributed by atoms with Gasteiger partial charge in [0.05, 0.1) is 0 Å². The average Bonchev–Trinajstić information content (AvgIpc) is 1.95. The summed E-state index contributed by atoms with van der Waals surface area (Å²) in [5, 5.41) is 0. The average molecular weight is 360 g/mol. The third kappa shape index (κ3) is 3.42. The van der Waals surface area contributed by atoms with Crippen molar-refractivity contribution in [2.24, 2.45) is 5.41 Å². The molecule has 0 unspecified atom stereocenters. The van der Waals surface area contributed by atoms with Crippen molar-refractivity contribution in [2.75, 3.05) is 0 Å². The van der Waals surface area contributed by atoms with Gasteiger partial charge in [-0.15, -0.1) is 6.92 Å². The molecule has 0 spiro atoms. The predicted molar refractivity (Wildman–Crippen MR) is 57.4 cm³/mol. The maximum atomic E-state index is 3.44. The van der Waals surface area contributed by atoms with E-state index in [1.807, 2.05) is 0 Å². The Morgan fingerprint density at radius 2 is 1.38 bits per heavy atom. The van der Waals surface area contributed by atoms with Crippen molar-refractivity contribution < 1.29 is 21.1 Å². The molecule has 1 heteroatoms. The maximum Gasteiger partial charge on any atom is 0 e. The molecule has 1 aliphatic rings. The third-order valence-electron chi connectivity index (χ3n) is 2.56. The van der Waals surface area contributed by atoms with Gasteiger partial charge in [-0.2, -0.15) is 11.1 Å². The van der Waals surface area contributed by atoms with Crippen LogP contribution in [-0.4, -0.2) is 0 Å². The molecule has 0 aromatic rings. The van der Waals surface area contributed by atoms with Gasteiger partial charge in [-0.25, -0.2) is 5.57 Å². The summed E-state index contributed by atoms with van der Waals surface area (Å²) in [4.78, 5) is 0. The van der Waals surface area contributed by atoms with Crippen molar-refractivity contribution in [2.45, 2.75) is 34.6 Å². The Balaban J connectivity index is -0.000000333. The summed E-state index contributed by atoms with van der Waals surface area (Å²) in [7, 11) is 0. The van der Waals surface area contributed by atoms with Gasteiger partial charge in [0.25, 0.3) is 0 Å². The predicted octanol–water partition coefficient (Wildman–Crippen LogP) is 4.01. The van der Waals surface area contributed by atoms with Crippen LogP contribution in [0.4, 0.5) is 0 Å². The summed E-state index contributed by atoms with van der Waals surface area (Å²) in [6.07, 6.45) is 3.44. The Labute approximate surface area is 98.8 Å². The molecular weight excluding hydrogens is 339 g/mol. The van der Waals surface area contributed by atoms with Gasteiger partial charge in [0.1, 0.15) is 0 Å². The van der Waals surface area contributed by atoms with Crippen LogP contribution in [0.2, 0.25) is 0 Å². The van der Waals surface area contributed by atoms with Crippen LogP contribution >= 0.6 is 0 Å². The number of hydrogen-bond donors (Lipinski definition) is 0. The molecule has 82 valence electrons. The van der Waals surface area contributed by atoms with Crippen LogP contribution in [-0.2, 0) is 21.1 Å². The Hall–Kier alpha value is 0.168. The minimum absolute atomic E-state index is 0. The molecule has 0 bridgehead atoms. The molecule has 0 N–H and O–H groups in total. The zero-order valence-corrected chi connectivity index (χ0v) is 12.1. The molecular formula is C12H21Pt-3. The topological polar surface area (TPSA) is 0 Å². The first-order valence-corrected chi connectivity index (χ1v) is 3.75. The molecule has 1 aliphatic carbocycles. The molecule has 0 aromatic heterocycles. The second kappa shape index (κ2) is 5.81. The minimum atomic E-state index is 0. The molecule has 0 nitrogen and oxygen atoms in total. The maximum absolute atomic E-state index is 3.44. The van der Waals surface area contributed by atoms with Gasteiger partial charge in [-0.05, 0) is 0 Å². The van der Waals surface area contributed by atoms with Gasteiger partial charge in [0.2, 0.25) is 0 Å².